The van der Waals surface area contributed by atoms with Gasteiger partial charge in [0, 0.05) is 26.1 Å². The number of ether oxygens (including phenoxy) is 1. The fourth-order valence-electron chi connectivity index (χ4n) is 4.41. The Balaban J connectivity index is 1.33. The lowest BCUT2D eigenvalue weighted by atomic mass is 10.1. The topological polar surface area (TPSA) is 105 Å². The summed E-state index contributed by atoms with van der Waals surface area (Å²) in [5, 5.41) is 4.98. The molecule has 1 fully saturated rings. The zero-order valence-corrected chi connectivity index (χ0v) is 25.9. The number of thioether (sulfide) groups is 1. The van der Waals surface area contributed by atoms with E-state index in [1.165, 1.54) is 16.7 Å². The lowest BCUT2D eigenvalue weighted by Gasteiger charge is -2.15. The largest absolute Gasteiger partial charge is 0.497 e. The van der Waals surface area contributed by atoms with Crippen molar-refractivity contribution >= 4 is 75.4 Å². The number of hydrogen-bond acceptors (Lipinski definition) is 6. The number of anilines is 2. The van der Waals surface area contributed by atoms with Crippen LogP contribution in [0.15, 0.2) is 114 Å². The zero-order valence-electron chi connectivity index (χ0n) is 23.0. The monoisotopic (exact) mass is 703 g/mol. The van der Waals surface area contributed by atoms with E-state index in [4.69, 9.17) is 4.74 Å². The molecule has 1 aliphatic rings. The molecule has 8 nitrogen and oxygen atoms in total. The van der Waals surface area contributed by atoms with Crippen LogP contribution in [-0.4, -0.2) is 36.0 Å². The van der Waals surface area contributed by atoms with Crippen molar-refractivity contribution in [2.45, 2.75) is 16.6 Å². The molecule has 1 atom stereocenters. The molecule has 4 aromatic rings. The van der Waals surface area contributed by atoms with Crippen LogP contribution in [-0.2, 0) is 14.4 Å². The minimum absolute atomic E-state index is 0.0323. The molecule has 4 aromatic carbocycles. The molecule has 0 radical (unpaired) electrons. The molecule has 43 heavy (non-hydrogen) atoms. The number of carbonyl (C=O) groups excluding carboxylic acids is 4. The smallest absolute Gasteiger partial charge is 0.272 e. The molecule has 10 heteroatoms. The molecule has 0 spiro atoms. The van der Waals surface area contributed by atoms with Crippen LogP contribution >= 0.6 is 34.4 Å². The maximum Gasteiger partial charge on any atom is 0.272 e. The first kappa shape index (κ1) is 30.1. The van der Waals surface area contributed by atoms with Crippen LogP contribution in [0.3, 0.4) is 0 Å². The van der Waals surface area contributed by atoms with Crippen LogP contribution in [0.1, 0.15) is 22.3 Å². The first-order valence-corrected chi connectivity index (χ1v) is 15.2. The predicted octanol–water partition coefficient (Wildman–Crippen LogP) is 6.13. The molecular weight excluding hydrogens is 677 g/mol. The van der Waals surface area contributed by atoms with Gasteiger partial charge in [0.1, 0.15) is 11.4 Å². The SMILES string of the molecule is COc1cccc(/C=C(\NC(=O)c2ccccc2)C(=O)Nc2cccc(S[C@@H]3CC(=O)N(c4ccc(I)cc4)C3=O)c2)c1. The Morgan fingerprint density at radius 2 is 1.67 bits per heavy atom. The normalized spacial score (nSPS) is 14.9. The maximum absolute atomic E-state index is 13.5. The van der Waals surface area contributed by atoms with E-state index in [1.807, 2.05) is 18.2 Å². The summed E-state index contributed by atoms with van der Waals surface area (Å²) >= 11 is 3.43. The van der Waals surface area contributed by atoms with Crippen molar-refractivity contribution in [1.82, 2.24) is 5.32 Å². The first-order chi connectivity index (χ1) is 20.8. The van der Waals surface area contributed by atoms with Crippen molar-refractivity contribution in [3.63, 3.8) is 0 Å². The van der Waals surface area contributed by atoms with E-state index in [9.17, 15) is 19.2 Å². The summed E-state index contributed by atoms with van der Waals surface area (Å²) in [6.45, 7) is 0. The van der Waals surface area contributed by atoms with Crippen LogP contribution in [0.25, 0.3) is 6.08 Å². The van der Waals surface area contributed by atoms with Crippen molar-refractivity contribution in [3.05, 3.63) is 124 Å². The van der Waals surface area contributed by atoms with Crippen molar-refractivity contribution in [1.29, 1.82) is 0 Å². The van der Waals surface area contributed by atoms with Crippen molar-refractivity contribution in [3.8, 4) is 5.75 Å². The molecule has 0 bridgehead atoms. The van der Waals surface area contributed by atoms with Crippen molar-refractivity contribution < 1.29 is 23.9 Å². The molecule has 4 amide bonds. The number of methoxy groups -OCH3 is 1. The number of nitrogens with one attached hydrogen (secondary N) is 2. The van der Waals surface area contributed by atoms with Crippen LogP contribution in [0.2, 0.25) is 0 Å². The van der Waals surface area contributed by atoms with E-state index < -0.39 is 17.1 Å². The van der Waals surface area contributed by atoms with E-state index >= 15 is 0 Å². The lowest BCUT2D eigenvalue weighted by molar-refractivity contribution is -0.121. The number of amides is 4. The quantitative estimate of drug-likeness (QED) is 0.124. The number of benzene rings is 4. The van der Waals surface area contributed by atoms with E-state index in [-0.39, 0.29) is 23.9 Å². The van der Waals surface area contributed by atoms with Gasteiger partial charge in [0.15, 0.2) is 0 Å². The van der Waals surface area contributed by atoms with Gasteiger partial charge >= 0.3 is 0 Å². The van der Waals surface area contributed by atoms with Gasteiger partial charge in [0.05, 0.1) is 18.0 Å². The van der Waals surface area contributed by atoms with Crippen molar-refractivity contribution in [2.75, 3.05) is 17.3 Å². The second-order valence-electron chi connectivity index (χ2n) is 9.49. The highest BCUT2D eigenvalue weighted by atomic mass is 127. The molecule has 0 unspecified atom stereocenters. The predicted molar refractivity (Wildman–Crippen MR) is 176 cm³/mol. The number of nitrogens with zero attached hydrogens (tertiary/aromatic N) is 1. The molecule has 1 saturated heterocycles. The third kappa shape index (κ3) is 7.51. The Hall–Kier alpha value is -4.42. The summed E-state index contributed by atoms with van der Waals surface area (Å²) in [6.07, 6.45) is 1.64. The number of halogens is 1. The highest BCUT2D eigenvalue weighted by Gasteiger charge is 2.40. The molecule has 1 heterocycles. The van der Waals surface area contributed by atoms with E-state index in [0.29, 0.717) is 33.1 Å². The average Bonchev–Trinajstić information content (AvgIpc) is 3.29. The van der Waals surface area contributed by atoms with Crippen molar-refractivity contribution in [2.24, 2.45) is 0 Å². The highest BCUT2D eigenvalue weighted by Crippen LogP contribution is 2.35. The van der Waals surface area contributed by atoms with Gasteiger partial charge in [0.2, 0.25) is 11.8 Å². The van der Waals surface area contributed by atoms with Crippen LogP contribution < -0.4 is 20.3 Å². The first-order valence-electron chi connectivity index (χ1n) is 13.2. The number of rotatable bonds is 9. The number of imide groups is 1. The van der Waals surface area contributed by atoms with E-state index in [1.54, 1.807) is 98.1 Å². The van der Waals surface area contributed by atoms with Gasteiger partial charge in [-0.3, -0.25) is 19.2 Å². The van der Waals surface area contributed by atoms with Gasteiger partial charge in [-0.15, -0.1) is 11.8 Å². The van der Waals surface area contributed by atoms with Gasteiger partial charge in [0.25, 0.3) is 11.8 Å². The summed E-state index contributed by atoms with van der Waals surface area (Å²) < 4.78 is 6.30. The van der Waals surface area contributed by atoms with Crippen LogP contribution in [0.5, 0.6) is 5.75 Å². The molecule has 1 aliphatic heterocycles. The fourth-order valence-corrected chi connectivity index (χ4v) is 5.88. The van der Waals surface area contributed by atoms with Gasteiger partial charge in [-0.25, -0.2) is 4.90 Å². The molecule has 0 aromatic heterocycles. The molecule has 5 rings (SSSR count). The third-order valence-electron chi connectivity index (χ3n) is 6.49. The lowest BCUT2D eigenvalue weighted by Crippen LogP contribution is -2.31. The Morgan fingerprint density at radius 1 is 0.930 bits per heavy atom. The average molecular weight is 704 g/mol. The Bertz CT molecular complexity index is 1710. The Kier molecular flexibility index (Phi) is 9.58. The van der Waals surface area contributed by atoms with Crippen LogP contribution in [0, 0.1) is 3.57 Å². The minimum Gasteiger partial charge on any atom is -0.497 e. The maximum atomic E-state index is 13.5. The zero-order chi connectivity index (χ0) is 30.3. The summed E-state index contributed by atoms with van der Waals surface area (Å²) in [4.78, 5) is 54.2. The second-order valence-corrected chi connectivity index (χ2v) is 12.0. The summed E-state index contributed by atoms with van der Waals surface area (Å²) in [6, 6.07) is 29.9. The van der Waals surface area contributed by atoms with E-state index in [2.05, 4.69) is 33.2 Å². The molecule has 2 N–H and O–H groups in total. The van der Waals surface area contributed by atoms with Gasteiger partial charge in [-0.1, -0.05) is 36.4 Å². The Morgan fingerprint density at radius 3 is 2.42 bits per heavy atom. The highest BCUT2D eigenvalue weighted by molar-refractivity contribution is 14.1. The molecular formula is C33H26IN3O5S. The number of hydrogen-bond donors (Lipinski definition) is 2. The minimum atomic E-state index is -0.591. The fraction of sp³-hybridized carbons (Fsp3) is 0.0909. The summed E-state index contributed by atoms with van der Waals surface area (Å²) in [5.74, 6) is -0.900. The van der Waals surface area contributed by atoms with Crippen LogP contribution in [0.4, 0.5) is 11.4 Å². The number of carbonyl (C=O) groups is 4. The third-order valence-corrected chi connectivity index (χ3v) is 8.39. The standard InChI is InChI=1S/C33H26IN3O5S/c1-42-26-11-5-7-21(17-26)18-28(36-31(39)22-8-3-2-4-9-22)32(40)35-24-10-6-12-27(19-24)43-29-20-30(38)37(33(29)41)25-15-13-23(34)14-16-25/h2-19,29H,20H2,1H3,(H,35,40)(H,36,39)/b28-18-/t29-/m1/s1. The molecule has 0 aliphatic carbocycles. The van der Waals surface area contributed by atoms with Gasteiger partial charge < -0.3 is 15.4 Å². The molecule has 0 saturated carbocycles. The molecule has 216 valence electrons. The van der Waals surface area contributed by atoms with Gasteiger partial charge in [-0.2, -0.15) is 0 Å². The van der Waals surface area contributed by atoms with Gasteiger partial charge in [-0.05, 0) is 101 Å². The Labute approximate surface area is 266 Å². The summed E-state index contributed by atoms with van der Waals surface area (Å²) in [7, 11) is 1.55. The summed E-state index contributed by atoms with van der Waals surface area (Å²) in [5.41, 5.74) is 2.11. The second kappa shape index (κ2) is 13.7. The van der Waals surface area contributed by atoms with E-state index in [0.717, 1.165) is 3.57 Å².